The molecule has 0 fully saturated rings. The van der Waals surface area contributed by atoms with Gasteiger partial charge in [-0.15, -0.1) is 0 Å². The first-order valence-corrected chi connectivity index (χ1v) is 8.95. The number of carbonyl (C=O) groups is 1. The minimum Gasteiger partial charge on any atom is -0.508 e. The van der Waals surface area contributed by atoms with Gasteiger partial charge >= 0.3 is 0 Å². The Hall–Kier alpha value is -3.69. The number of amides is 1. The Bertz CT molecular complexity index is 1090. The highest BCUT2D eigenvalue weighted by molar-refractivity contribution is 5.84. The fraction of sp³-hybridized carbons (Fsp3) is 0.278. The number of nitrogens with two attached hydrogens (primary N) is 1. The van der Waals surface area contributed by atoms with Crippen molar-refractivity contribution in [2.45, 2.75) is 12.8 Å². The Labute approximate surface area is 159 Å². The summed E-state index contributed by atoms with van der Waals surface area (Å²) in [5, 5.41) is 16.4. The van der Waals surface area contributed by atoms with Gasteiger partial charge in [0.2, 0.25) is 11.9 Å². The molecular formula is C18H21N7O3. The minimum absolute atomic E-state index is 0.0478. The van der Waals surface area contributed by atoms with Crippen LogP contribution >= 0.6 is 0 Å². The lowest BCUT2D eigenvalue weighted by Gasteiger charge is -2.16. The lowest BCUT2D eigenvalue weighted by Crippen LogP contribution is -2.32. The number of aromatic amines is 2. The van der Waals surface area contributed by atoms with Crippen molar-refractivity contribution < 1.29 is 9.90 Å². The number of benzene rings is 1. The summed E-state index contributed by atoms with van der Waals surface area (Å²) in [6.07, 6.45) is 2.80. The van der Waals surface area contributed by atoms with Crippen LogP contribution in [0.2, 0.25) is 0 Å². The molecule has 0 radical (unpaired) electrons. The van der Waals surface area contributed by atoms with Crippen LogP contribution in [-0.2, 0) is 11.2 Å². The maximum Gasteiger partial charge on any atom is 0.277 e. The van der Waals surface area contributed by atoms with Crippen molar-refractivity contribution in [3.8, 4) is 5.75 Å². The molecule has 0 bridgehead atoms. The van der Waals surface area contributed by atoms with Crippen LogP contribution in [0.25, 0.3) is 10.9 Å². The highest BCUT2D eigenvalue weighted by Crippen LogP contribution is 2.25. The number of carbonyl (C=O) groups excluding carboxylic acids is 1. The zero-order chi connectivity index (χ0) is 19.7. The van der Waals surface area contributed by atoms with E-state index in [2.05, 4.69) is 25.6 Å². The molecule has 1 aliphatic rings. The molecule has 0 saturated heterocycles. The van der Waals surface area contributed by atoms with Crippen LogP contribution in [0.3, 0.4) is 0 Å². The second kappa shape index (κ2) is 7.14. The van der Waals surface area contributed by atoms with Gasteiger partial charge in [0.15, 0.2) is 5.82 Å². The number of rotatable bonds is 6. The van der Waals surface area contributed by atoms with Crippen molar-refractivity contribution in [1.29, 1.82) is 0 Å². The lowest BCUT2D eigenvalue weighted by molar-refractivity contribution is -0.120. The molecule has 1 aliphatic heterocycles. The molecular weight excluding hydrogens is 362 g/mol. The number of phenols is 1. The number of H-pyrrole nitrogens is 2. The molecule has 0 atom stereocenters. The van der Waals surface area contributed by atoms with E-state index in [9.17, 15) is 14.7 Å². The molecule has 0 spiro atoms. The van der Waals surface area contributed by atoms with Crippen LogP contribution in [0.1, 0.15) is 12.0 Å². The second-order valence-electron chi connectivity index (χ2n) is 6.64. The highest BCUT2D eigenvalue weighted by atomic mass is 16.3. The lowest BCUT2D eigenvalue weighted by atomic mass is 10.1. The first-order chi connectivity index (χ1) is 13.5. The van der Waals surface area contributed by atoms with E-state index in [4.69, 9.17) is 5.73 Å². The fourth-order valence-corrected chi connectivity index (χ4v) is 3.34. The number of anilines is 3. The maximum atomic E-state index is 12.2. The summed E-state index contributed by atoms with van der Waals surface area (Å²) in [7, 11) is 0. The van der Waals surface area contributed by atoms with Crippen LogP contribution < -0.4 is 26.8 Å². The van der Waals surface area contributed by atoms with E-state index in [1.165, 1.54) is 0 Å². The third kappa shape index (κ3) is 3.43. The summed E-state index contributed by atoms with van der Waals surface area (Å²) in [5.74, 6) is 0.637. The number of phenolic OH excluding ortho intramolecular Hbond substituents is 1. The number of fused-ring (bicyclic) bond motifs is 2. The summed E-state index contributed by atoms with van der Waals surface area (Å²) in [6, 6.07) is 5.16. The molecule has 0 saturated carbocycles. The summed E-state index contributed by atoms with van der Waals surface area (Å²) in [6.45, 7) is 1.31. The molecule has 7 N–H and O–H groups in total. The predicted molar refractivity (Wildman–Crippen MR) is 106 cm³/mol. The van der Waals surface area contributed by atoms with Crippen LogP contribution in [0.5, 0.6) is 5.75 Å². The maximum absolute atomic E-state index is 12.2. The van der Waals surface area contributed by atoms with Crippen molar-refractivity contribution in [2.75, 3.05) is 35.7 Å². The van der Waals surface area contributed by atoms with Crippen molar-refractivity contribution >= 4 is 34.3 Å². The molecule has 4 rings (SSSR count). The number of nitrogen functional groups attached to an aromatic ring is 1. The standard InChI is InChI=1S/C18H21N7O3/c19-18-23-16-15(17(28)24-18)22-9-25(16)6-4-14(27)20-5-3-10-8-21-13-2-1-11(26)7-12(10)13/h1-2,7-8,21-22,26H,3-6,9H2,(H,20,27)(H3,19,23,24,28). The molecule has 2 aromatic heterocycles. The molecule has 0 unspecified atom stereocenters. The monoisotopic (exact) mass is 383 g/mol. The molecule has 1 aromatic carbocycles. The Balaban J connectivity index is 1.29. The van der Waals surface area contributed by atoms with Gasteiger partial charge in [-0.25, -0.2) is 0 Å². The normalized spacial score (nSPS) is 12.8. The van der Waals surface area contributed by atoms with Crippen LogP contribution in [0, 0.1) is 0 Å². The average Bonchev–Trinajstić information content (AvgIpc) is 3.24. The Kier molecular flexibility index (Phi) is 4.52. The minimum atomic E-state index is -0.320. The zero-order valence-electron chi connectivity index (χ0n) is 15.1. The Morgan fingerprint density at radius 2 is 2.25 bits per heavy atom. The smallest absolute Gasteiger partial charge is 0.277 e. The largest absolute Gasteiger partial charge is 0.508 e. The van der Waals surface area contributed by atoms with Gasteiger partial charge in [-0.2, -0.15) is 4.98 Å². The van der Waals surface area contributed by atoms with Gasteiger partial charge in [0, 0.05) is 36.6 Å². The summed E-state index contributed by atoms with van der Waals surface area (Å²) in [4.78, 5) is 35.5. The SMILES string of the molecule is Nc1nc2c(c(=O)[nH]1)NCN2CCC(=O)NCCc1c[nH]c2ccc(O)cc12. The third-order valence-electron chi connectivity index (χ3n) is 4.74. The van der Waals surface area contributed by atoms with E-state index in [1.807, 2.05) is 17.2 Å². The van der Waals surface area contributed by atoms with E-state index in [1.54, 1.807) is 12.1 Å². The molecule has 3 heterocycles. The number of hydrogen-bond donors (Lipinski definition) is 6. The number of aromatic hydroxyl groups is 1. The predicted octanol–water partition coefficient (Wildman–Crippen LogP) is 0.477. The number of nitrogens with zero attached hydrogens (tertiary/aromatic N) is 2. The topological polar surface area (TPSA) is 152 Å². The zero-order valence-corrected chi connectivity index (χ0v) is 15.1. The summed E-state index contributed by atoms with van der Waals surface area (Å²) >= 11 is 0. The molecule has 10 nitrogen and oxygen atoms in total. The van der Waals surface area contributed by atoms with Crippen molar-refractivity contribution in [3.63, 3.8) is 0 Å². The number of nitrogens with one attached hydrogen (secondary N) is 4. The van der Waals surface area contributed by atoms with E-state index >= 15 is 0 Å². The van der Waals surface area contributed by atoms with Gasteiger partial charge in [-0.3, -0.25) is 14.6 Å². The van der Waals surface area contributed by atoms with Crippen molar-refractivity contribution in [3.05, 3.63) is 40.3 Å². The molecule has 146 valence electrons. The number of aromatic nitrogens is 3. The van der Waals surface area contributed by atoms with Gasteiger partial charge in [-0.05, 0) is 30.2 Å². The van der Waals surface area contributed by atoms with Gasteiger partial charge in [0.1, 0.15) is 11.4 Å². The molecule has 28 heavy (non-hydrogen) atoms. The quantitative estimate of drug-likeness (QED) is 0.362. The van der Waals surface area contributed by atoms with Crippen LogP contribution in [-0.4, -0.2) is 45.7 Å². The van der Waals surface area contributed by atoms with Gasteiger partial charge in [0.05, 0.1) is 6.67 Å². The average molecular weight is 383 g/mol. The van der Waals surface area contributed by atoms with Crippen LogP contribution in [0.4, 0.5) is 17.5 Å². The Morgan fingerprint density at radius 3 is 3.11 bits per heavy atom. The van der Waals surface area contributed by atoms with Crippen molar-refractivity contribution in [2.24, 2.45) is 0 Å². The molecule has 10 heteroatoms. The Morgan fingerprint density at radius 1 is 1.39 bits per heavy atom. The van der Waals surface area contributed by atoms with Gasteiger partial charge < -0.3 is 31.4 Å². The molecule has 3 aromatic rings. The molecule has 1 amide bonds. The van der Waals surface area contributed by atoms with Gasteiger partial charge in [-0.1, -0.05) is 0 Å². The molecule has 0 aliphatic carbocycles. The van der Waals surface area contributed by atoms with E-state index in [0.717, 1.165) is 16.5 Å². The fourth-order valence-electron chi connectivity index (χ4n) is 3.34. The van der Waals surface area contributed by atoms with E-state index in [0.29, 0.717) is 37.7 Å². The first kappa shape index (κ1) is 17.7. The highest BCUT2D eigenvalue weighted by Gasteiger charge is 2.24. The summed E-state index contributed by atoms with van der Waals surface area (Å²) < 4.78 is 0. The second-order valence-corrected chi connectivity index (χ2v) is 6.64. The third-order valence-corrected chi connectivity index (χ3v) is 4.74. The van der Waals surface area contributed by atoms with Gasteiger partial charge in [0.25, 0.3) is 5.56 Å². The van der Waals surface area contributed by atoms with Crippen LogP contribution in [0.15, 0.2) is 29.2 Å². The summed E-state index contributed by atoms with van der Waals surface area (Å²) in [5.41, 5.74) is 7.62. The van der Waals surface area contributed by atoms with E-state index < -0.39 is 0 Å². The first-order valence-electron chi connectivity index (χ1n) is 8.95. The number of hydrogen-bond acceptors (Lipinski definition) is 7. The van der Waals surface area contributed by atoms with E-state index in [-0.39, 0.29) is 29.6 Å². The van der Waals surface area contributed by atoms with Crippen molar-refractivity contribution in [1.82, 2.24) is 20.3 Å².